The van der Waals surface area contributed by atoms with Crippen molar-refractivity contribution >= 4 is 16.0 Å². The number of nitrogens with zero attached hydrogens (tertiary/aromatic N) is 2. The maximum Gasteiger partial charge on any atom is 0.352 e. The standard InChI is InChI=1S/C12H18N2O4S/c1-4-5-6-7-14(3)19(17,18)10-8-11(12(15)16)13(2)9-10/h4,8-9H,1,5-7H2,2-3H3,(H,15,16). The van der Waals surface area contributed by atoms with Crippen LogP contribution >= 0.6 is 0 Å². The van der Waals surface area contributed by atoms with Gasteiger partial charge >= 0.3 is 5.97 Å². The summed E-state index contributed by atoms with van der Waals surface area (Å²) in [5.41, 5.74) is -0.0573. The van der Waals surface area contributed by atoms with E-state index in [2.05, 4.69) is 6.58 Å². The largest absolute Gasteiger partial charge is 0.477 e. The van der Waals surface area contributed by atoms with E-state index < -0.39 is 16.0 Å². The maximum atomic E-state index is 12.2. The Hall–Kier alpha value is -1.60. The Morgan fingerprint density at radius 3 is 2.68 bits per heavy atom. The summed E-state index contributed by atoms with van der Waals surface area (Å²) < 4.78 is 26.9. The summed E-state index contributed by atoms with van der Waals surface area (Å²) in [6.07, 6.45) is 4.45. The van der Waals surface area contributed by atoms with Gasteiger partial charge in [-0.3, -0.25) is 0 Å². The summed E-state index contributed by atoms with van der Waals surface area (Å²) in [7, 11) is -0.662. The Morgan fingerprint density at radius 2 is 2.21 bits per heavy atom. The third-order valence-electron chi connectivity index (χ3n) is 2.79. The lowest BCUT2D eigenvalue weighted by Crippen LogP contribution is -2.27. The van der Waals surface area contributed by atoms with Gasteiger partial charge in [-0.15, -0.1) is 6.58 Å². The second-order valence-electron chi connectivity index (χ2n) is 4.23. The summed E-state index contributed by atoms with van der Waals surface area (Å²) in [6.45, 7) is 3.94. The first-order valence-electron chi connectivity index (χ1n) is 5.77. The zero-order valence-electron chi connectivity index (χ0n) is 11.0. The smallest absolute Gasteiger partial charge is 0.352 e. The Morgan fingerprint density at radius 1 is 1.58 bits per heavy atom. The van der Waals surface area contributed by atoms with Crippen molar-refractivity contribution < 1.29 is 18.3 Å². The third kappa shape index (κ3) is 3.45. The number of sulfonamides is 1. The number of hydrogen-bond donors (Lipinski definition) is 1. The molecule has 1 N–H and O–H groups in total. The molecule has 0 aromatic carbocycles. The summed E-state index contributed by atoms with van der Waals surface area (Å²) in [6, 6.07) is 1.17. The second kappa shape index (κ2) is 6.03. The van der Waals surface area contributed by atoms with Crippen molar-refractivity contribution in [2.45, 2.75) is 17.7 Å². The molecule has 0 aliphatic carbocycles. The molecular formula is C12H18N2O4S. The minimum absolute atomic E-state index is 0.00602. The molecule has 19 heavy (non-hydrogen) atoms. The van der Waals surface area contributed by atoms with Crippen molar-refractivity contribution in [2.24, 2.45) is 7.05 Å². The highest BCUT2D eigenvalue weighted by Gasteiger charge is 2.24. The lowest BCUT2D eigenvalue weighted by molar-refractivity contribution is 0.0686. The van der Waals surface area contributed by atoms with Gasteiger partial charge in [0, 0.05) is 26.8 Å². The highest BCUT2D eigenvalue weighted by atomic mass is 32.2. The van der Waals surface area contributed by atoms with Crippen LogP contribution in [0.15, 0.2) is 29.8 Å². The first kappa shape index (κ1) is 15.5. The van der Waals surface area contributed by atoms with Crippen LogP contribution in [-0.4, -0.2) is 42.0 Å². The van der Waals surface area contributed by atoms with Crippen molar-refractivity contribution in [3.05, 3.63) is 30.6 Å². The number of aromatic nitrogens is 1. The van der Waals surface area contributed by atoms with Crippen molar-refractivity contribution in [3.63, 3.8) is 0 Å². The van der Waals surface area contributed by atoms with E-state index in [-0.39, 0.29) is 10.6 Å². The predicted molar refractivity (Wildman–Crippen MR) is 71.6 cm³/mol. The van der Waals surface area contributed by atoms with Crippen molar-refractivity contribution in [2.75, 3.05) is 13.6 Å². The molecule has 1 rings (SSSR count). The molecule has 0 bridgehead atoms. The van der Waals surface area contributed by atoms with Crippen LogP contribution in [0, 0.1) is 0 Å². The van der Waals surface area contributed by atoms with Gasteiger partial charge in [-0.2, -0.15) is 0 Å². The summed E-state index contributed by atoms with van der Waals surface area (Å²) in [5, 5.41) is 8.92. The number of unbranched alkanes of at least 4 members (excludes halogenated alkanes) is 1. The Kier molecular flexibility index (Phi) is 4.90. The van der Waals surface area contributed by atoms with Gasteiger partial charge in [0.25, 0.3) is 0 Å². The van der Waals surface area contributed by atoms with E-state index in [4.69, 9.17) is 5.11 Å². The van der Waals surface area contributed by atoms with Gasteiger partial charge in [0.1, 0.15) is 10.6 Å². The minimum atomic E-state index is -3.64. The zero-order chi connectivity index (χ0) is 14.6. The van der Waals surface area contributed by atoms with E-state index in [1.54, 1.807) is 6.08 Å². The van der Waals surface area contributed by atoms with E-state index in [0.29, 0.717) is 13.0 Å². The SMILES string of the molecule is C=CCCCN(C)S(=O)(=O)c1cc(C(=O)O)n(C)c1. The number of carbonyl (C=O) groups is 1. The van der Waals surface area contributed by atoms with Gasteiger partial charge < -0.3 is 9.67 Å². The third-order valence-corrected chi connectivity index (χ3v) is 4.61. The van der Waals surface area contributed by atoms with Crippen LogP contribution in [-0.2, 0) is 17.1 Å². The molecule has 0 saturated heterocycles. The molecule has 0 radical (unpaired) electrons. The molecule has 0 amide bonds. The maximum absolute atomic E-state index is 12.2. The van der Waals surface area contributed by atoms with Crippen molar-refractivity contribution in [1.29, 1.82) is 0 Å². The van der Waals surface area contributed by atoms with Crippen LogP contribution in [0.1, 0.15) is 23.3 Å². The molecule has 106 valence electrons. The van der Waals surface area contributed by atoms with Crippen molar-refractivity contribution in [1.82, 2.24) is 8.87 Å². The second-order valence-corrected chi connectivity index (χ2v) is 6.28. The quantitative estimate of drug-likeness (QED) is 0.605. The lowest BCUT2D eigenvalue weighted by Gasteiger charge is -2.15. The molecular weight excluding hydrogens is 268 g/mol. The van der Waals surface area contributed by atoms with E-state index >= 15 is 0 Å². The van der Waals surface area contributed by atoms with Gasteiger partial charge in [0.05, 0.1) is 0 Å². The molecule has 0 spiro atoms. The normalized spacial score (nSPS) is 11.7. The van der Waals surface area contributed by atoms with Crippen molar-refractivity contribution in [3.8, 4) is 0 Å². The number of aromatic carboxylic acids is 1. The summed E-state index contributed by atoms with van der Waals surface area (Å²) >= 11 is 0. The molecule has 0 aliphatic rings. The molecule has 0 aliphatic heterocycles. The molecule has 1 aromatic rings. The summed E-state index contributed by atoms with van der Waals surface area (Å²) in [4.78, 5) is 10.9. The van der Waals surface area contributed by atoms with Crippen LogP contribution in [0.3, 0.4) is 0 Å². The molecule has 0 unspecified atom stereocenters. The molecule has 7 heteroatoms. The van der Waals surface area contributed by atoms with E-state index in [1.807, 2.05) is 0 Å². The zero-order valence-corrected chi connectivity index (χ0v) is 11.9. The average Bonchev–Trinajstić information content (AvgIpc) is 2.72. The first-order chi connectivity index (χ1) is 8.80. The van der Waals surface area contributed by atoms with E-state index in [9.17, 15) is 13.2 Å². The van der Waals surface area contributed by atoms with Gasteiger partial charge in [0.2, 0.25) is 10.0 Å². The molecule has 1 aromatic heterocycles. The average molecular weight is 286 g/mol. The Balaban J connectivity index is 2.96. The fourth-order valence-corrected chi connectivity index (χ4v) is 2.93. The van der Waals surface area contributed by atoms with E-state index in [0.717, 1.165) is 6.42 Å². The Labute approximate surface area is 113 Å². The highest BCUT2D eigenvalue weighted by molar-refractivity contribution is 7.89. The number of hydrogen-bond acceptors (Lipinski definition) is 3. The monoisotopic (exact) mass is 286 g/mol. The van der Waals surface area contributed by atoms with Gasteiger partial charge in [-0.1, -0.05) is 6.08 Å². The fourth-order valence-electron chi connectivity index (χ4n) is 1.65. The van der Waals surface area contributed by atoms with Crippen LogP contribution in [0.5, 0.6) is 0 Å². The summed E-state index contributed by atoms with van der Waals surface area (Å²) in [5.74, 6) is -1.15. The van der Waals surface area contributed by atoms with Gasteiger partial charge in [0.15, 0.2) is 0 Å². The molecule has 1 heterocycles. The molecule has 6 nitrogen and oxygen atoms in total. The van der Waals surface area contributed by atoms with E-state index in [1.165, 1.54) is 35.2 Å². The minimum Gasteiger partial charge on any atom is -0.477 e. The number of carboxylic acid groups (broad SMARTS) is 1. The number of aryl methyl sites for hydroxylation is 1. The molecule has 0 fully saturated rings. The van der Waals surface area contributed by atoms with Gasteiger partial charge in [-0.25, -0.2) is 17.5 Å². The molecule has 0 saturated carbocycles. The topological polar surface area (TPSA) is 79.6 Å². The fraction of sp³-hybridized carbons (Fsp3) is 0.417. The number of allylic oxidation sites excluding steroid dienone is 1. The predicted octanol–water partition coefficient (Wildman–Crippen LogP) is 1.31. The Bertz CT molecular complexity index is 575. The van der Waals surface area contributed by atoms with Gasteiger partial charge in [-0.05, 0) is 18.9 Å². The highest BCUT2D eigenvalue weighted by Crippen LogP contribution is 2.18. The lowest BCUT2D eigenvalue weighted by atomic mass is 10.3. The van der Waals surface area contributed by atoms with Crippen LogP contribution < -0.4 is 0 Å². The van der Waals surface area contributed by atoms with Crippen LogP contribution in [0.2, 0.25) is 0 Å². The van der Waals surface area contributed by atoms with Crippen LogP contribution in [0.25, 0.3) is 0 Å². The number of carboxylic acids is 1. The van der Waals surface area contributed by atoms with Crippen LogP contribution in [0.4, 0.5) is 0 Å². The molecule has 0 atom stereocenters. The number of rotatable bonds is 7. The first-order valence-corrected chi connectivity index (χ1v) is 7.21.